The van der Waals surface area contributed by atoms with Crippen molar-refractivity contribution < 1.29 is 14.3 Å². The predicted octanol–water partition coefficient (Wildman–Crippen LogP) is 3.69. The van der Waals surface area contributed by atoms with Gasteiger partial charge < -0.3 is 9.30 Å². The SMILES string of the molecule is Cc1cc(C(=O)COC(=O)c2cnccn2)c(C)n1-c1cccc(Br)c1. The highest BCUT2D eigenvalue weighted by Crippen LogP contribution is 2.23. The van der Waals surface area contributed by atoms with Crippen molar-refractivity contribution in [2.24, 2.45) is 0 Å². The van der Waals surface area contributed by atoms with Crippen LogP contribution in [0, 0.1) is 13.8 Å². The Hall–Kier alpha value is -2.80. The number of esters is 1. The van der Waals surface area contributed by atoms with E-state index < -0.39 is 5.97 Å². The maximum Gasteiger partial charge on any atom is 0.358 e. The van der Waals surface area contributed by atoms with E-state index in [1.165, 1.54) is 18.6 Å². The van der Waals surface area contributed by atoms with Gasteiger partial charge >= 0.3 is 5.97 Å². The number of hydrogen-bond donors (Lipinski definition) is 0. The van der Waals surface area contributed by atoms with Gasteiger partial charge in [0.2, 0.25) is 5.78 Å². The van der Waals surface area contributed by atoms with Crippen molar-refractivity contribution >= 4 is 27.7 Å². The zero-order valence-electron chi connectivity index (χ0n) is 14.3. The summed E-state index contributed by atoms with van der Waals surface area (Å²) >= 11 is 3.46. The number of Topliss-reactive ketones (excluding diaryl/α,β-unsaturated/α-hetero) is 1. The zero-order valence-corrected chi connectivity index (χ0v) is 15.9. The van der Waals surface area contributed by atoms with Crippen molar-refractivity contribution in [1.82, 2.24) is 14.5 Å². The van der Waals surface area contributed by atoms with Gasteiger partial charge in [0.25, 0.3) is 0 Å². The molecule has 0 unspecified atom stereocenters. The minimum absolute atomic E-state index is 0.0694. The lowest BCUT2D eigenvalue weighted by Crippen LogP contribution is -2.16. The number of carbonyl (C=O) groups excluding carboxylic acids is 2. The second-order valence-electron chi connectivity index (χ2n) is 5.69. The van der Waals surface area contributed by atoms with E-state index in [-0.39, 0.29) is 18.1 Å². The summed E-state index contributed by atoms with van der Waals surface area (Å²) in [7, 11) is 0. The molecule has 3 rings (SSSR count). The van der Waals surface area contributed by atoms with E-state index in [1.807, 2.05) is 42.7 Å². The summed E-state index contributed by atoms with van der Waals surface area (Å²) in [6.07, 6.45) is 4.15. The number of halogens is 1. The van der Waals surface area contributed by atoms with Crippen LogP contribution in [-0.2, 0) is 4.74 Å². The third-order valence-electron chi connectivity index (χ3n) is 3.90. The van der Waals surface area contributed by atoms with E-state index in [0.717, 1.165) is 21.5 Å². The van der Waals surface area contributed by atoms with Crippen molar-refractivity contribution in [1.29, 1.82) is 0 Å². The van der Waals surface area contributed by atoms with Crippen LogP contribution in [0.25, 0.3) is 5.69 Å². The molecule has 0 saturated heterocycles. The first-order valence-corrected chi connectivity index (χ1v) is 8.68. The molecule has 0 aliphatic carbocycles. The van der Waals surface area contributed by atoms with E-state index >= 15 is 0 Å². The van der Waals surface area contributed by atoms with Crippen molar-refractivity contribution in [3.63, 3.8) is 0 Å². The van der Waals surface area contributed by atoms with Gasteiger partial charge in [0.1, 0.15) is 0 Å². The summed E-state index contributed by atoms with van der Waals surface area (Å²) in [6.45, 7) is 3.44. The monoisotopic (exact) mass is 413 g/mol. The van der Waals surface area contributed by atoms with E-state index in [0.29, 0.717) is 5.56 Å². The Kier molecular flexibility index (Phi) is 5.27. The molecule has 0 atom stereocenters. The molecule has 7 heteroatoms. The summed E-state index contributed by atoms with van der Waals surface area (Å²) < 4.78 is 8.01. The summed E-state index contributed by atoms with van der Waals surface area (Å²) in [5, 5.41) is 0. The van der Waals surface area contributed by atoms with Crippen LogP contribution < -0.4 is 0 Å². The van der Waals surface area contributed by atoms with E-state index in [1.54, 1.807) is 6.07 Å². The lowest BCUT2D eigenvalue weighted by molar-refractivity contribution is 0.0468. The normalized spacial score (nSPS) is 10.6. The van der Waals surface area contributed by atoms with Gasteiger partial charge in [-0.1, -0.05) is 22.0 Å². The second kappa shape index (κ2) is 7.61. The van der Waals surface area contributed by atoms with Crippen molar-refractivity contribution in [2.45, 2.75) is 13.8 Å². The summed E-state index contributed by atoms with van der Waals surface area (Å²) in [4.78, 5) is 32.1. The number of aromatic nitrogens is 3. The smallest absolute Gasteiger partial charge is 0.358 e. The zero-order chi connectivity index (χ0) is 18.7. The molecule has 0 N–H and O–H groups in total. The number of ketones is 1. The molecule has 26 heavy (non-hydrogen) atoms. The topological polar surface area (TPSA) is 74.1 Å². The van der Waals surface area contributed by atoms with Crippen LogP contribution in [0.1, 0.15) is 32.2 Å². The lowest BCUT2D eigenvalue weighted by atomic mass is 10.1. The fourth-order valence-electron chi connectivity index (χ4n) is 2.74. The van der Waals surface area contributed by atoms with Gasteiger partial charge in [-0.2, -0.15) is 0 Å². The van der Waals surface area contributed by atoms with Gasteiger partial charge in [-0.3, -0.25) is 9.78 Å². The van der Waals surface area contributed by atoms with Crippen LogP contribution >= 0.6 is 15.9 Å². The van der Waals surface area contributed by atoms with Crippen LogP contribution in [0.4, 0.5) is 0 Å². The molecule has 0 aliphatic heterocycles. The molecule has 0 bridgehead atoms. The number of benzene rings is 1. The van der Waals surface area contributed by atoms with Crippen LogP contribution in [0.3, 0.4) is 0 Å². The highest BCUT2D eigenvalue weighted by Gasteiger charge is 2.19. The largest absolute Gasteiger partial charge is 0.453 e. The molecular weight excluding hydrogens is 398 g/mol. The Morgan fingerprint density at radius 1 is 1.19 bits per heavy atom. The van der Waals surface area contributed by atoms with Crippen molar-refractivity contribution in [3.05, 3.63) is 76.0 Å². The minimum Gasteiger partial charge on any atom is -0.453 e. The molecule has 2 heterocycles. The average molecular weight is 414 g/mol. The Bertz CT molecular complexity index is 967. The molecule has 0 aliphatic rings. The maximum atomic E-state index is 12.5. The lowest BCUT2D eigenvalue weighted by Gasteiger charge is -2.10. The van der Waals surface area contributed by atoms with Gasteiger partial charge in [0.05, 0.1) is 6.20 Å². The molecule has 132 valence electrons. The Labute approximate surface area is 159 Å². The summed E-state index contributed by atoms with van der Waals surface area (Å²) in [5.41, 5.74) is 3.25. The first-order chi connectivity index (χ1) is 12.5. The van der Waals surface area contributed by atoms with Crippen molar-refractivity contribution in [3.8, 4) is 5.69 Å². The highest BCUT2D eigenvalue weighted by molar-refractivity contribution is 9.10. The van der Waals surface area contributed by atoms with Crippen LogP contribution in [-0.4, -0.2) is 32.9 Å². The second-order valence-corrected chi connectivity index (χ2v) is 6.61. The molecule has 0 spiro atoms. The Morgan fingerprint density at radius 2 is 2.00 bits per heavy atom. The van der Waals surface area contributed by atoms with Gasteiger partial charge in [-0.15, -0.1) is 0 Å². The quantitative estimate of drug-likeness (QED) is 0.470. The third kappa shape index (κ3) is 3.72. The van der Waals surface area contributed by atoms with E-state index in [2.05, 4.69) is 25.9 Å². The fourth-order valence-corrected chi connectivity index (χ4v) is 3.13. The first kappa shape index (κ1) is 18.0. The number of aryl methyl sites for hydroxylation is 1. The van der Waals surface area contributed by atoms with E-state index in [4.69, 9.17) is 4.74 Å². The molecular formula is C19H16BrN3O3. The number of carbonyl (C=O) groups is 2. The Morgan fingerprint density at radius 3 is 2.69 bits per heavy atom. The minimum atomic E-state index is -0.674. The summed E-state index contributed by atoms with van der Waals surface area (Å²) in [6, 6.07) is 9.61. The molecule has 2 aromatic heterocycles. The predicted molar refractivity (Wildman–Crippen MR) is 99.6 cm³/mol. The number of hydrogen-bond acceptors (Lipinski definition) is 5. The van der Waals surface area contributed by atoms with Gasteiger partial charge in [0, 0.05) is 39.5 Å². The average Bonchev–Trinajstić information content (AvgIpc) is 2.94. The maximum absolute atomic E-state index is 12.5. The fraction of sp³-hybridized carbons (Fsp3) is 0.158. The highest BCUT2D eigenvalue weighted by atomic mass is 79.9. The molecule has 0 amide bonds. The van der Waals surface area contributed by atoms with Gasteiger partial charge in [0.15, 0.2) is 12.3 Å². The van der Waals surface area contributed by atoms with Gasteiger partial charge in [-0.05, 0) is 38.1 Å². The first-order valence-electron chi connectivity index (χ1n) is 7.88. The van der Waals surface area contributed by atoms with Crippen LogP contribution in [0.5, 0.6) is 0 Å². The number of rotatable bonds is 5. The third-order valence-corrected chi connectivity index (χ3v) is 4.40. The summed E-state index contributed by atoms with van der Waals surface area (Å²) in [5.74, 6) is -0.941. The van der Waals surface area contributed by atoms with E-state index in [9.17, 15) is 9.59 Å². The van der Waals surface area contributed by atoms with Crippen LogP contribution in [0.2, 0.25) is 0 Å². The molecule has 3 aromatic rings. The molecule has 1 aromatic carbocycles. The standard InChI is InChI=1S/C19H16BrN3O3/c1-12-8-16(13(2)23(12)15-5-3-4-14(20)9-15)18(24)11-26-19(25)17-10-21-6-7-22-17/h3-10H,11H2,1-2H3. The Balaban J connectivity index is 1.78. The number of ether oxygens (including phenoxy) is 1. The molecule has 0 saturated carbocycles. The van der Waals surface area contributed by atoms with Crippen molar-refractivity contribution in [2.75, 3.05) is 6.61 Å². The number of nitrogens with zero attached hydrogens (tertiary/aromatic N) is 3. The molecule has 0 radical (unpaired) electrons. The van der Waals surface area contributed by atoms with Gasteiger partial charge in [-0.25, -0.2) is 9.78 Å². The molecule has 0 fully saturated rings. The van der Waals surface area contributed by atoms with Crippen LogP contribution in [0.15, 0.2) is 53.4 Å². The molecule has 6 nitrogen and oxygen atoms in total.